The van der Waals surface area contributed by atoms with Gasteiger partial charge in [-0.3, -0.25) is 4.79 Å². The topological polar surface area (TPSA) is 64.3 Å². The van der Waals surface area contributed by atoms with Gasteiger partial charge in [-0.1, -0.05) is 17.7 Å². The summed E-state index contributed by atoms with van der Waals surface area (Å²) in [5.74, 6) is 0.618. The Morgan fingerprint density at radius 3 is 2.55 bits per heavy atom. The fourth-order valence-corrected chi connectivity index (χ4v) is 1.92. The van der Waals surface area contributed by atoms with Gasteiger partial charge in [0.25, 0.3) is 0 Å². The third-order valence-electron chi connectivity index (χ3n) is 3.28. The van der Waals surface area contributed by atoms with Gasteiger partial charge in [0.2, 0.25) is 0 Å². The van der Waals surface area contributed by atoms with Crippen molar-refractivity contribution in [2.24, 2.45) is 7.05 Å². The maximum atomic E-state index is 10.8. The minimum Gasteiger partial charge on any atom is -0.486 e. The fourth-order valence-electron chi connectivity index (χ4n) is 1.92. The minimum absolute atomic E-state index is 0.0653. The van der Waals surface area contributed by atoms with Crippen LogP contribution in [0.5, 0.6) is 5.75 Å². The number of benzene rings is 1. The normalized spacial score (nSPS) is 10.6. The molecule has 5 heteroatoms. The number of imidazole rings is 1. The van der Waals surface area contributed by atoms with E-state index in [9.17, 15) is 4.79 Å². The number of ether oxygens (including phenoxy) is 1. The molecule has 2 aromatic rings. The molecule has 0 aliphatic carbocycles. The first kappa shape index (κ1) is 14.1. The predicted octanol–water partition coefficient (Wildman–Crippen LogP) is 2.24. The number of aliphatic carboxylic acids is 1. The number of carboxylic acid groups (broad SMARTS) is 1. The fraction of sp³-hybridized carbons (Fsp3) is 0.333. The number of aryl methyl sites for hydroxylation is 1. The van der Waals surface area contributed by atoms with E-state index in [1.54, 1.807) is 0 Å². The molecule has 0 radical (unpaired) electrons. The van der Waals surface area contributed by atoms with Crippen LogP contribution in [-0.4, -0.2) is 20.6 Å². The first-order chi connectivity index (χ1) is 9.47. The van der Waals surface area contributed by atoms with Gasteiger partial charge in [0, 0.05) is 12.7 Å². The smallest absolute Gasteiger partial charge is 0.309 e. The molecule has 106 valence electrons. The van der Waals surface area contributed by atoms with E-state index in [-0.39, 0.29) is 6.42 Å². The first-order valence-corrected chi connectivity index (χ1v) is 6.39. The summed E-state index contributed by atoms with van der Waals surface area (Å²) < 4.78 is 7.54. The number of rotatable bonds is 5. The van der Waals surface area contributed by atoms with E-state index in [2.05, 4.69) is 4.98 Å². The zero-order valence-electron chi connectivity index (χ0n) is 11.9. The minimum atomic E-state index is -0.878. The van der Waals surface area contributed by atoms with E-state index in [1.165, 1.54) is 5.56 Å². The highest BCUT2D eigenvalue weighted by molar-refractivity contribution is 5.69. The first-order valence-electron chi connectivity index (χ1n) is 6.39. The molecular formula is C15H18N2O3. The van der Waals surface area contributed by atoms with Crippen molar-refractivity contribution in [3.63, 3.8) is 0 Å². The Morgan fingerprint density at radius 2 is 1.95 bits per heavy atom. The Morgan fingerprint density at radius 1 is 1.30 bits per heavy atom. The molecule has 1 N–H and O–H groups in total. The summed E-state index contributed by atoms with van der Waals surface area (Å²) in [6.45, 7) is 4.20. The van der Waals surface area contributed by atoms with Crippen molar-refractivity contribution in [3.05, 3.63) is 47.0 Å². The molecule has 0 amide bonds. The Balaban J connectivity index is 2.09. The molecule has 0 bridgehead atoms. The van der Waals surface area contributed by atoms with Gasteiger partial charge in [-0.05, 0) is 26.0 Å². The van der Waals surface area contributed by atoms with Gasteiger partial charge in [0.15, 0.2) is 0 Å². The zero-order valence-corrected chi connectivity index (χ0v) is 11.9. The van der Waals surface area contributed by atoms with E-state index < -0.39 is 5.97 Å². The van der Waals surface area contributed by atoms with E-state index >= 15 is 0 Å². The molecule has 0 spiro atoms. The van der Waals surface area contributed by atoms with Gasteiger partial charge in [0.1, 0.15) is 18.2 Å². The summed E-state index contributed by atoms with van der Waals surface area (Å²) >= 11 is 0. The number of nitrogens with zero attached hydrogens (tertiary/aromatic N) is 2. The highest BCUT2D eigenvalue weighted by atomic mass is 16.5. The molecule has 5 nitrogen and oxygen atoms in total. The number of aromatic nitrogens is 2. The van der Waals surface area contributed by atoms with Gasteiger partial charge in [0.05, 0.1) is 12.1 Å². The molecule has 0 aliphatic heterocycles. The van der Waals surface area contributed by atoms with Gasteiger partial charge < -0.3 is 14.4 Å². The Bertz CT molecular complexity index is 615. The van der Waals surface area contributed by atoms with Gasteiger partial charge in [-0.2, -0.15) is 0 Å². The average Bonchev–Trinajstić information content (AvgIpc) is 2.66. The second-order valence-electron chi connectivity index (χ2n) is 4.79. The third-order valence-corrected chi connectivity index (χ3v) is 3.28. The SMILES string of the molecule is Cc1ccc(OCc2nc(CC(=O)O)c(C)n2C)cc1. The molecule has 2 rings (SSSR count). The van der Waals surface area contributed by atoms with Crippen molar-refractivity contribution >= 4 is 5.97 Å². The molecule has 20 heavy (non-hydrogen) atoms. The molecule has 0 atom stereocenters. The van der Waals surface area contributed by atoms with E-state index in [4.69, 9.17) is 9.84 Å². The van der Waals surface area contributed by atoms with Gasteiger partial charge >= 0.3 is 5.97 Å². The molecular weight excluding hydrogens is 256 g/mol. The van der Waals surface area contributed by atoms with Crippen LogP contribution >= 0.6 is 0 Å². The maximum absolute atomic E-state index is 10.8. The maximum Gasteiger partial charge on any atom is 0.309 e. The van der Waals surface area contributed by atoms with Crippen LogP contribution in [-0.2, 0) is 24.9 Å². The van der Waals surface area contributed by atoms with Crippen molar-refractivity contribution < 1.29 is 14.6 Å². The summed E-state index contributed by atoms with van der Waals surface area (Å²) in [5, 5.41) is 8.84. The quantitative estimate of drug-likeness (QED) is 0.908. The van der Waals surface area contributed by atoms with E-state index in [0.717, 1.165) is 17.3 Å². The van der Waals surface area contributed by atoms with E-state index in [0.29, 0.717) is 12.3 Å². The lowest BCUT2D eigenvalue weighted by Crippen LogP contribution is -2.04. The van der Waals surface area contributed by atoms with Gasteiger partial charge in [-0.15, -0.1) is 0 Å². The Labute approximate surface area is 117 Å². The van der Waals surface area contributed by atoms with Crippen LogP contribution < -0.4 is 4.74 Å². The van der Waals surface area contributed by atoms with Crippen LogP contribution in [0.15, 0.2) is 24.3 Å². The molecule has 1 aromatic carbocycles. The number of carbonyl (C=O) groups is 1. The molecule has 0 aliphatic rings. The summed E-state index contributed by atoms with van der Waals surface area (Å²) in [5.41, 5.74) is 2.62. The van der Waals surface area contributed by atoms with Crippen LogP contribution in [0, 0.1) is 13.8 Å². The Hall–Kier alpha value is -2.30. The number of hydrogen-bond acceptors (Lipinski definition) is 3. The van der Waals surface area contributed by atoms with Crippen molar-refractivity contribution in [1.29, 1.82) is 0 Å². The lowest BCUT2D eigenvalue weighted by molar-refractivity contribution is -0.136. The molecule has 0 fully saturated rings. The molecule has 0 saturated carbocycles. The van der Waals surface area contributed by atoms with Crippen molar-refractivity contribution in [2.45, 2.75) is 26.9 Å². The molecule has 0 unspecified atom stereocenters. The van der Waals surface area contributed by atoms with Crippen molar-refractivity contribution in [2.75, 3.05) is 0 Å². The zero-order chi connectivity index (χ0) is 14.7. The van der Waals surface area contributed by atoms with Crippen LogP contribution in [0.4, 0.5) is 0 Å². The summed E-state index contributed by atoms with van der Waals surface area (Å²) in [6.07, 6.45) is -0.0653. The Kier molecular flexibility index (Phi) is 4.08. The van der Waals surface area contributed by atoms with Crippen LogP contribution in [0.25, 0.3) is 0 Å². The van der Waals surface area contributed by atoms with Crippen LogP contribution in [0.3, 0.4) is 0 Å². The summed E-state index contributed by atoms with van der Waals surface area (Å²) in [4.78, 5) is 15.1. The van der Waals surface area contributed by atoms with Crippen LogP contribution in [0.1, 0.15) is 22.8 Å². The van der Waals surface area contributed by atoms with E-state index in [1.807, 2.05) is 49.7 Å². The second-order valence-corrected chi connectivity index (χ2v) is 4.79. The number of hydrogen-bond donors (Lipinski definition) is 1. The second kappa shape index (κ2) is 5.77. The number of carboxylic acids is 1. The van der Waals surface area contributed by atoms with Crippen LogP contribution in [0.2, 0.25) is 0 Å². The molecule has 0 saturated heterocycles. The third kappa shape index (κ3) is 3.17. The summed E-state index contributed by atoms with van der Waals surface area (Å²) in [6, 6.07) is 7.77. The van der Waals surface area contributed by atoms with Crippen molar-refractivity contribution in [3.8, 4) is 5.75 Å². The summed E-state index contributed by atoms with van der Waals surface area (Å²) in [7, 11) is 1.86. The lowest BCUT2D eigenvalue weighted by atomic mass is 10.2. The largest absolute Gasteiger partial charge is 0.486 e. The van der Waals surface area contributed by atoms with Gasteiger partial charge in [-0.25, -0.2) is 4.98 Å². The highest BCUT2D eigenvalue weighted by Gasteiger charge is 2.14. The highest BCUT2D eigenvalue weighted by Crippen LogP contribution is 2.15. The standard InChI is InChI=1S/C15H18N2O3/c1-10-4-6-12(7-5-10)20-9-14-16-13(8-15(18)19)11(2)17(14)3/h4-7H,8-9H2,1-3H3,(H,18,19). The monoisotopic (exact) mass is 274 g/mol. The lowest BCUT2D eigenvalue weighted by Gasteiger charge is -2.06. The van der Waals surface area contributed by atoms with Crippen molar-refractivity contribution in [1.82, 2.24) is 9.55 Å². The molecule has 1 heterocycles. The molecule has 1 aromatic heterocycles. The average molecular weight is 274 g/mol. The predicted molar refractivity (Wildman–Crippen MR) is 74.8 cm³/mol.